The normalized spacial score (nSPS) is 13.3. The lowest BCUT2D eigenvalue weighted by Gasteiger charge is -2.20. The van der Waals surface area contributed by atoms with Gasteiger partial charge in [-0.1, -0.05) is 146 Å². The summed E-state index contributed by atoms with van der Waals surface area (Å²) in [6.07, 6.45) is 46.7. The number of rotatable bonds is 37. The van der Waals surface area contributed by atoms with Gasteiger partial charge in [-0.3, -0.25) is 9.59 Å². The summed E-state index contributed by atoms with van der Waals surface area (Å²) in [5.74, 6) is -0.154. The van der Waals surface area contributed by atoms with E-state index in [1.165, 1.54) is 70.6 Å². The molecule has 0 rings (SSSR count). The molecule has 0 aromatic rings. The van der Waals surface area contributed by atoms with Crippen molar-refractivity contribution >= 4 is 11.9 Å². The van der Waals surface area contributed by atoms with E-state index < -0.39 is 12.1 Å². The maximum atomic E-state index is 12.3. The van der Waals surface area contributed by atoms with E-state index in [1.54, 1.807) is 6.08 Å². The third-order valence-electron chi connectivity index (χ3n) is 9.04. The Bertz CT molecular complexity index is 864. The minimum Gasteiger partial charge on any atom is -0.466 e. The minimum absolute atomic E-state index is 0.0506. The Balaban J connectivity index is 3.58. The van der Waals surface area contributed by atoms with E-state index in [0.717, 1.165) is 96.3 Å². The van der Waals surface area contributed by atoms with Gasteiger partial charge in [0.15, 0.2) is 0 Å². The van der Waals surface area contributed by atoms with Crippen molar-refractivity contribution in [2.24, 2.45) is 0 Å². The number of allylic oxidation sites excluding steroid dienone is 7. The van der Waals surface area contributed by atoms with Crippen molar-refractivity contribution in [1.29, 1.82) is 0 Å². The molecule has 2 unspecified atom stereocenters. The maximum absolute atomic E-state index is 12.3. The molecule has 0 spiro atoms. The molecule has 6 heteroatoms. The van der Waals surface area contributed by atoms with Crippen molar-refractivity contribution in [2.75, 3.05) is 13.2 Å². The van der Waals surface area contributed by atoms with Crippen LogP contribution in [0.2, 0.25) is 0 Å². The van der Waals surface area contributed by atoms with Crippen LogP contribution in [0.5, 0.6) is 0 Å². The molecule has 0 aliphatic rings. The summed E-state index contributed by atoms with van der Waals surface area (Å²) in [6.45, 7) is 4.69. The second-order valence-electron chi connectivity index (χ2n) is 14.0. The molecule has 290 valence electrons. The van der Waals surface area contributed by atoms with Crippen LogP contribution < -0.4 is 5.32 Å². The number of hydrogen-bond donors (Lipinski definition) is 3. The first-order valence-electron chi connectivity index (χ1n) is 20.9. The molecule has 50 heavy (non-hydrogen) atoms. The highest BCUT2D eigenvalue weighted by atomic mass is 16.5. The number of esters is 1. The Labute approximate surface area is 308 Å². The van der Waals surface area contributed by atoms with Crippen molar-refractivity contribution < 1.29 is 24.5 Å². The van der Waals surface area contributed by atoms with Gasteiger partial charge in [-0.25, -0.2) is 0 Å². The highest BCUT2D eigenvalue weighted by molar-refractivity contribution is 5.76. The van der Waals surface area contributed by atoms with Gasteiger partial charge in [0.2, 0.25) is 5.91 Å². The molecular weight excluding hydrogens is 622 g/mol. The van der Waals surface area contributed by atoms with Crippen LogP contribution in [0.15, 0.2) is 48.6 Å². The predicted octanol–water partition coefficient (Wildman–Crippen LogP) is 11.6. The summed E-state index contributed by atoms with van der Waals surface area (Å²) in [6, 6.07) is -0.648. The number of carbonyl (C=O) groups is 2. The Kier molecular flexibility index (Phi) is 37.9. The van der Waals surface area contributed by atoms with Crippen molar-refractivity contribution in [3.63, 3.8) is 0 Å². The number of unbranched alkanes of at least 4 members (excludes halogenated alkanes) is 20. The lowest BCUT2D eigenvalue weighted by molar-refractivity contribution is -0.143. The maximum Gasteiger partial charge on any atom is 0.305 e. The fraction of sp³-hybridized carbons (Fsp3) is 0.773. The van der Waals surface area contributed by atoms with Gasteiger partial charge < -0.3 is 20.3 Å². The van der Waals surface area contributed by atoms with Crippen molar-refractivity contribution in [3.05, 3.63) is 48.6 Å². The van der Waals surface area contributed by atoms with E-state index in [-0.39, 0.29) is 18.5 Å². The second kappa shape index (κ2) is 39.6. The quantitative estimate of drug-likeness (QED) is 0.0340. The highest BCUT2D eigenvalue weighted by Gasteiger charge is 2.17. The molecule has 0 radical (unpaired) electrons. The van der Waals surface area contributed by atoms with Gasteiger partial charge in [0.05, 0.1) is 25.4 Å². The van der Waals surface area contributed by atoms with Gasteiger partial charge >= 0.3 is 5.97 Å². The van der Waals surface area contributed by atoms with Gasteiger partial charge in [0, 0.05) is 12.8 Å². The van der Waals surface area contributed by atoms with E-state index in [1.807, 2.05) is 6.08 Å². The monoisotopic (exact) mass is 702 g/mol. The molecule has 3 N–H and O–H groups in total. The molecule has 2 atom stereocenters. The number of ether oxygens (including phenoxy) is 1. The third-order valence-corrected chi connectivity index (χ3v) is 9.04. The molecule has 6 nitrogen and oxygen atoms in total. The van der Waals surface area contributed by atoms with Crippen LogP contribution in [0.25, 0.3) is 0 Å². The van der Waals surface area contributed by atoms with E-state index in [0.29, 0.717) is 19.4 Å². The van der Waals surface area contributed by atoms with E-state index in [2.05, 4.69) is 55.6 Å². The lowest BCUT2D eigenvalue weighted by Crippen LogP contribution is -2.45. The molecule has 0 heterocycles. The second-order valence-corrected chi connectivity index (χ2v) is 14.0. The summed E-state index contributed by atoms with van der Waals surface area (Å²) < 4.78 is 5.40. The summed E-state index contributed by atoms with van der Waals surface area (Å²) in [7, 11) is 0. The van der Waals surface area contributed by atoms with Crippen LogP contribution in [-0.4, -0.2) is 47.4 Å². The molecule has 0 saturated heterocycles. The van der Waals surface area contributed by atoms with E-state index in [9.17, 15) is 19.8 Å². The average Bonchev–Trinajstić information content (AvgIpc) is 3.11. The fourth-order valence-corrected chi connectivity index (χ4v) is 5.78. The van der Waals surface area contributed by atoms with Gasteiger partial charge in [0.25, 0.3) is 0 Å². The van der Waals surface area contributed by atoms with Gasteiger partial charge in [0.1, 0.15) is 0 Å². The number of nitrogens with one attached hydrogen (secondary N) is 1. The lowest BCUT2D eigenvalue weighted by atomic mass is 10.1. The number of aliphatic hydroxyl groups is 2. The smallest absolute Gasteiger partial charge is 0.305 e. The molecule has 1 amide bonds. The SMILES string of the molecule is CCC/C=C\C/C=C\CCCCCCCC(=O)OCCCC/C=C\CCCCCCCC(=O)NC(CO)C(O)/C=C/CCCCCCCCC. The Hall–Kier alpha value is -2.18. The molecule has 0 bridgehead atoms. The standard InChI is InChI=1S/C44H79NO5/c1-3-5-7-9-11-13-14-15-18-22-26-30-34-38-44(49)50-39-35-31-27-23-19-16-17-21-25-29-33-37-43(48)45-41(40-46)42(47)36-32-28-24-20-12-10-8-6-4-2/h7,9,13-14,19,23,32,36,41-42,46-47H,3-6,8,10-12,15-18,20-22,24-31,33-35,37-40H2,1-2H3,(H,45,48)/b9-7-,14-13-,23-19-,36-32+. The van der Waals surface area contributed by atoms with E-state index in [4.69, 9.17) is 4.74 Å². The molecule has 0 aromatic carbocycles. The Morgan fingerprint density at radius 2 is 1.04 bits per heavy atom. The average molecular weight is 702 g/mol. The summed E-state index contributed by atoms with van der Waals surface area (Å²) in [4.78, 5) is 24.3. The minimum atomic E-state index is -0.861. The first kappa shape index (κ1) is 47.8. The van der Waals surface area contributed by atoms with Crippen molar-refractivity contribution in [3.8, 4) is 0 Å². The molecule has 0 fully saturated rings. The van der Waals surface area contributed by atoms with E-state index >= 15 is 0 Å². The van der Waals surface area contributed by atoms with Crippen molar-refractivity contribution in [1.82, 2.24) is 5.32 Å². The zero-order valence-electron chi connectivity index (χ0n) is 32.6. The fourth-order valence-electron chi connectivity index (χ4n) is 5.78. The van der Waals surface area contributed by atoms with Crippen LogP contribution in [0, 0.1) is 0 Å². The van der Waals surface area contributed by atoms with Crippen molar-refractivity contribution in [2.45, 2.75) is 206 Å². The van der Waals surface area contributed by atoms with Crippen LogP contribution in [-0.2, 0) is 14.3 Å². The molecule has 0 aliphatic heterocycles. The highest BCUT2D eigenvalue weighted by Crippen LogP contribution is 2.12. The Morgan fingerprint density at radius 1 is 0.560 bits per heavy atom. The molecule has 0 aliphatic carbocycles. The third kappa shape index (κ3) is 35.6. The van der Waals surface area contributed by atoms with Crippen LogP contribution in [0.3, 0.4) is 0 Å². The summed E-state index contributed by atoms with van der Waals surface area (Å²) in [5, 5.41) is 22.8. The molecule has 0 aromatic heterocycles. The van der Waals surface area contributed by atoms with Gasteiger partial charge in [-0.15, -0.1) is 0 Å². The first-order chi connectivity index (χ1) is 24.5. The molecular formula is C44H79NO5. The molecule has 0 saturated carbocycles. The number of hydrogen-bond acceptors (Lipinski definition) is 5. The largest absolute Gasteiger partial charge is 0.466 e. The number of amides is 1. The van der Waals surface area contributed by atoms with Crippen LogP contribution >= 0.6 is 0 Å². The number of carbonyl (C=O) groups excluding carboxylic acids is 2. The van der Waals surface area contributed by atoms with Crippen LogP contribution in [0.1, 0.15) is 194 Å². The Morgan fingerprint density at radius 3 is 1.62 bits per heavy atom. The number of aliphatic hydroxyl groups excluding tert-OH is 2. The topological polar surface area (TPSA) is 95.9 Å². The van der Waals surface area contributed by atoms with Crippen LogP contribution in [0.4, 0.5) is 0 Å². The summed E-state index contributed by atoms with van der Waals surface area (Å²) >= 11 is 0. The zero-order chi connectivity index (χ0) is 36.6. The zero-order valence-corrected chi connectivity index (χ0v) is 32.6. The summed E-state index contributed by atoms with van der Waals surface area (Å²) in [5.41, 5.74) is 0. The van der Waals surface area contributed by atoms with Gasteiger partial charge in [-0.2, -0.15) is 0 Å². The van der Waals surface area contributed by atoms with Gasteiger partial charge in [-0.05, 0) is 83.5 Å². The predicted molar refractivity (Wildman–Crippen MR) is 213 cm³/mol. The first-order valence-corrected chi connectivity index (χ1v) is 20.9.